The standard InChI is InChI=1S/C24H24F3N3O2/c1-3-28-11-13-29(14-12-28)21-20(17-9-7-16(2)8-10-17)22(31)30(23(21)32)19-6-4-5-18(15-19)24(25,26)27/h4-10,15H,3,11-14H2,1-2H3. The topological polar surface area (TPSA) is 43.9 Å². The van der Waals surface area contributed by atoms with Gasteiger partial charge in [0.25, 0.3) is 11.8 Å². The number of benzene rings is 2. The van der Waals surface area contributed by atoms with Crippen LogP contribution in [-0.2, 0) is 15.8 Å². The van der Waals surface area contributed by atoms with Crippen LogP contribution < -0.4 is 4.90 Å². The Bertz CT molecular complexity index is 1070. The van der Waals surface area contributed by atoms with Gasteiger partial charge in [0.1, 0.15) is 5.70 Å². The van der Waals surface area contributed by atoms with Gasteiger partial charge in [-0.2, -0.15) is 13.2 Å². The maximum Gasteiger partial charge on any atom is 0.416 e. The first-order valence-electron chi connectivity index (χ1n) is 10.6. The van der Waals surface area contributed by atoms with E-state index in [2.05, 4.69) is 11.8 Å². The van der Waals surface area contributed by atoms with Gasteiger partial charge in [-0.3, -0.25) is 9.59 Å². The first kappa shape index (κ1) is 22.1. The molecule has 1 saturated heterocycles. The highest BCUT2D eigenvalue weighted by molar-refractivity contribution is 6.45. The highest BCUT2D eigenvalue weighted by atomic mass is 19.4. The fraction of sp³-hybridized carbons (Fsp3) is 0.333. The van der Waals surface area contributed by atoms with Crippen molar-refractivity contribution in [3.05, 3.63) is 70.9 Å². The van der Waals surface area contributed by atoms with Crippen LogP contribution in [-0.4, -0.2) is 54.3 Å². The predicted octanol–water partition coefficient (Wildman–Crippen LogP) is 3.94. The van der Waals surface area contributed by atoms with E-state index in [-0.39, 0.29) is 17.0 Å². The van der Waals surface area contributed by atoms with Gasteiger partial charge in [0.2, 0.25) is 0 Å². The summed E-state index contributed by atoms with van der Waals surface area (Å²) in [5.41, 5.74) is 1.08. The number of piperazine rings is 1. The van der Waals surface area contributed by atoms with Gasteiger partial charge < -0.3 is 9.80 Å². The molecule has 8 heteroatoms. The Morgan fingerprint density at radius 1 is 0.906 bits per heavy atom. The Kier molecular flexibility index (Phi) is 5.81. The molecule has 2 amide bonds. The number of aryl methyl sites for hydroxylation is 1. The number of imide groups is 1. The smallest absolute Gasteiger partial charge is 0.364 e. The molecule has 0 spiro atoms. The van der Waals surface area contributed by atoms with Crippen LogP contribution in [0.2, 0.25) is 0 Å². The fourth-order valence-electron chi connectivity index (χ4n) is 4.14. The molecule has 2 aliphatic heterocycles. The summed E-state index contributed by atoms with van der Waals surface area (Å²) in [5.74, 6) is -1.19. The average Bonchev–Trinajstić information content (AvgIpc) is 3.04. The Hall–Kier alpha value is -3.13. The van der Waals surface area contributed by atoms with Gasteiger partial charge in [0.05, 0.1) is 16.8 Å². The molecule has 2 aromatic rings. The third kappa shape index (κ3) is 4.02. The second-order valence-corrected chi connectivity index (χ2v) is 8.00. The molecule has 1 fully saturated rings. The van der Waals surface area contributed by atoms with Gasteiger partial charge in [0, 0.05) is 26.2 Å². The van der Waals surface area contributed by atoms with Crippen LogP contribution in [0.3, 0.4) is 0 Å². The van der Waals surface area contributed by atoms with E-state index in [0.29, 0.717) is 18.7 Å². The summed E-state index contributed by atoms with van der Waals surface area (Å²) in [6, 6.07) is 11.6. The van der Waals surface area contributed by atoms with Crippen molar-refractivity contribution < 1.29 is 22.8 Å². The fourth-order valence-corrected chi connectivity index (χ4v) is 4.14. The molecule has 2 aromatic carbocycles. The summed E-state index contributed by atoms with van der Waals surface area (Å²) < 4.78 is 39.8. The van der Waals surface area contributed by atoms with Crippen LogP contribution in [0, 0.1) is 6.92 Å². The van der Waals surface area contributed by atoms with E-state index in [0.717, 1.165) is 42.2 Å². The van der Waals surface area contributed by atoms with Crippen LogP contribution in [0.4, 0.5) is 18.9 Å². The summed E-state index contributed by atoms with van der Waals surface area (Å²) >= 11 is 0. The number of rotatable bonds is 4. The molecule has 0 bridgehead atoms. The van der Waals surface area contributed by atoms with Crippen molar-refractivity contribution in [2.45, 2.75) is 20.0 Å². The zero-order chi connectivity index (χ0) is 23.0. The van der Waals surface area contributed by atoms with E-state index in [1.54, 1.807) is 12.1 Å². The molecule has 32 heavy (non-hydrogen) atoms. The lowest BCUT2D eigenvalue weighted by Gasteiger charge is -2.36. The maximum atomic E-state index is 13.5. The molecule has 168 valence electrons. The number of amides is 2. The summed E-state index contributed by atoms with van der Waals surface area (Å²) in [4.78, 5) is 31.9. The zero-order valence-corrected chi connectivity index (χ0v) is 17.9. The van der Waals surface area contributed by atoms with Gasteiger partial charge in [-0.05, 0) is 37.2 Å². The van der Waals surface area contributed by atoms with E-state index < -0.39 is 23.6 Å². The summed E-state index contributed by atoms with van der Waals surface area (Å²) in [6.45, 7) is 7.48. The van der Waals surface area contributed by atoms with Crippen molar-refractivity contribution in [2.75, 3.05) is 37.6 Å². The molecular weight excluding hydrogens is 419 g/mol. The van der Waals surface area contributed by atoms with Crippen molar-refractivity contribution in [1.29, 1.82) is 0 Å². The molecular formula is C24H24F3N3O2. The summed E-state index contributed by atoms with van der Waals surface area (Å²) in [6.07, 6.45) is -4.58. The molecule has 0 N–H and O–H groups in total. The van der Waals surface area contributed by atoms with Crippen LogP contribution in [0.5, 0.6) is 0 Å². The molecule has 5 nitrogen and oxygen atoms in total. The number of alkyl halides is 3. The van der Waals surface area contributed by atoms with Gasteiger partial charge in [-0.15, -0.1) is 0 Å². The third-order valence-electron chi connectivity index (χ3n) is 5.97. The summed E-state index contributed by atoms with van der Waals surface area (Å²) in [5, 5.41) is 0. The molecule has 2 heterocycles. The Morgan fingerprint density at radius 2 is 1.56 bits per heavy atom. The normalized spacial score (nSPS) is 18.2. The first-order chi connectivity index (χ1) is 15.2. The molecule has 0 radical (unpaired) electrons. The highest BCUT2D eigenvalue weighted by Crippen LogP contribution is 2.37. The molecule has 0 atom stereocenters. The van der Waals surface area contributed by atoms with Crippen molar-refractivity contribution in [2.24, 2.45) is 0 Å². The number of likely N-dealkylation sites (N-methyl/N-ethyl adjacent to an activating group) is 1. The Morgan fingerprint density at radius 3 is 2.16 bits per heavy atom. The van der Waals surface area contributed by atoms with Gasteiger partial charge in [0.15, 0.2) is 0 Å². The maximum absolute atomic E-state index is 13.5. The lowest BCUT2D eigenvalue weighted by molar-refractivity contribution is -0.137. The second-order valence-electron chi connectivity index (χ2n) is 8.00. The highest BCUT2D eigenvalue weighted by Gasteiger charge is 2.43. The predicted molar refractivity (Wildman–Crippen MR) is 116 cm³/mol. The number of carbonyl (C=O) groups is 2. The minimum absolute atomic E-state index is 0.0818. The lowest BCUT2D eigenvalue weighted by Crippen LogP contribution is -2.47. The van der Waals surface area contributed by atoms with E-state index >= 15 is 0 Å². The van der Waals surface area contributed by atoms with E-state index in [1.165, 1.54) is 12.1 Å². The van der Waals surface area contributed by atoms with Crippen LogP contribution >= 0.6 is 0 Å². The molecule has 0 aromatic heterocycles. The van der Waals surface area contributed by atoms with E-state index in [4.69, 9.17) is 0 Å². The second kappa shape index (κ2) is 8.43. The van der Waals surface area contributed by atoms with Crippen LogP contribution in [0.25, 0.3) is 5.57 Å². The lowest BCUT2D eigenvalue weighted by atomic mass is 10.0. The number of anilines is 1. The van der Waals surface area contributed by atoms with Crippen molar-refractivity contribution >= 4 is 23.1 Å². The number of halogens is 3. The molecule has 0 saturated carbocycles. The van der Waals surface area contributed by atoms with Crippen molar-refractivity contribution in [3.63, 3.8) is 0 Å². The zero-order valence-electron chi connectivity index (χ0n) is 17.9. The van der Waals surface area contributed by atoms with Gasteiger partial charge in [-0.25, -0.2) is 4.90 Å². The molecule has 2 aliphatic rings. The Balaban J connectivity index is 1.78. The number of hydrogen-bond acceptors (Lipinski definition) is 4. The van der Waals surface area contributed by atoms with E-state index in [1.807, 2.05) is 24.0 Å². The minimum Gasteiger partial charge on any atom is -0.364 e. The minimum atomic E-state index is -4.58. The monoisotopic (exact) mass is 443 g/mol. The van der Waals surface area contributed by atoms with Crippen LogP contribution in [0.1, 0.15) is 23.6 Å². The quantitative estimate of drug-likeness (QED) is 0.672. The van der Waals surface area contributed by atoms with Crippen LogP contribution in [0.15, 0.2) is 54.2 Å². The molecule has 0 aliphatic carbocycles. The van der Waals surface area contributed by atoms with Crippen molar-refractivity contribution in [1.82, 2.24) is 9.80 Å². The number of carbonyl (C=O) groups excluding carboxylic acids is 2. The van der Waals surface area contributed by atoms with Gasteiger partial charge >= 0.3 is 6.18 Å². The SMILES string of the molecule is CCN1CCN(C2=C(c3ccc(C)cc3)C(=O)N(c3cccc(C(F)(F)F)c3)C2=O)CC1. The summed E-state index contributed by atoms with van der Waals surface area (Å²) in [7, 11) is 0. The third-order valence-corrected chi connectivity index (χ3v) is 5.97. The largest absolute Gasteiger partial charge is 0.416 e. The molecule has 0 unspecified atom stereocenters. The first-order valence-corrected chi connectivity index (χ1v) is 10.6. The molecule has 4 rings (SSSR count). The van der Waals surface area contributed by atoms with Gasteiger partial charge in [-0.1, -0.05) is 42.8 Å². The average molecular weight is 443 g/mol. The Labute approximate surface area is 184 Å². The van der Waals surface area contributed by atoms with E-state index in [9.17, 15) is 22.8 Å². The van der Waals surface area contributed by atoms with Crippen molar-refractivity contribution in [3.8, 4) is 0 Å². The number of nitrogens with zero attached hydrogens (tertiary/aromatic N) is 3. The number of hydrogen-bond donors (Lipinski definition) is 0.